The zero-order chi connectivity index (χ0) is 33.0. The zero-order valence-electron chi connectivity index (χ0n) is 23.8. The molecule has 1 saturated heterocycles. The summed E-state index contributed by atoms with van der Waals surface area (Å²) in [4.78, 5) is 49.2. The number of aromatic nitrogens is 4. The lowest BCUT2D eigenvalue weighted by atomic mass is 10.2. The normalized spacial score (nSPS) is 21.4. The van der Waals surface area contributed by atoms with Crippen molar-refractivity contribution in [3.05, 3.63) is 30.4 Å². The third kappa shape index (κ3) is 9.36. The highest BCUT2D eigenvalue weighted by Crippen LogP contribution is 2.66. The third-order valence-electron chi connectivity index (χ3n) is 6.12. The van der Waals surface area contributed by atoms with Crippen LogP contribution in [-0.4, -0.2) is 85.2 Å². The molecule has 45 heavy (non-hydrogen) atoms. The Balaban J connectivity index is 1.47. The fraction of sp³-hybridized carbons (Fsp3) is 0.476. The molecule has 24 heteroatoms. The molecule has 0 amide bonds. The molecule has 0 spiro atoms. The fourth-order valence-corrected chi connectivity index (χ4v) is 8.12. The van der Waals surface area contributed by atoms with Crippen molar-refractivity contribution in [2.45, 2.75) is 30.6 Å². The molecule has 0 radical (unpaired) electrons. The number of imidazole rings is 1. The van der Waals surface area contributed by atoms with E-state index in [0.717, 1.165) is 5.56 Å². The molecule has 5 atom stereocenters. The number of nitrogen functional groups attached to an aromatic ring is 1. The minimum Gasteiger partial charge on any atom is -0.496 e. The minimum absolute atomic E-state index is 0.0879. The molecule has 0 bridgehead atoms. The van der Waals surface area contributed by atoms with Crippen LogP contribution in [0.1, 0.15) is 18.2 Å². The van der Waals surface area contributed by atoms with E-state index in [1.807, 2.05) is 0 Å². The second-order valence-electron chi connectivity index (χ2n) is 9.02. The molecular weight excluding hydrogens is 687 g/mol. The summed E-state index contributed by atoms with van der Waals surface area (Å²) in [5.74, 6) is 2.22. The van der Waals surface area contributed by atoms with Crippen molar-refractivity contribution in [1.82, 2.24) is 19.5 Å². The van der Waals surface area contributed by atoms with Crippen LogP contribution in [0.3, 0.4) is 0 Å². The first-order valence-electron chi connectivity index (χ1n) is 12.5. The van der Waals surface area contributed by atoms with Crippen molar-refractivity contribution >= 4 is 52.2 Å². The molecule has 4 rings (SSSR count). The van der Waals surface area contributed by atoms with Crippen LogP contribution in [0.15, 0.2) is 24.8 Å². The Labute approximate surface area is 259 Å². The van der Waals surface area contributed by atoms with E-state index in [0.29, 0.717) is 34.2 Å². The molecule has 3 unspecified atom stereocenters. The van der Waals surface area contributed by atoms with Gasteiger partial charge in [-0.3, -0.25) is 9.09 Å². The van der Waals surface area contributed by atoms with Crippen molar-refractivity contribution in [3.8, 4) is 17.2 Å². The van der Waals surface area contributed by atoms with E-state index in [4.69, 9.17) is 43.7 Å². The third-order valence-corrected chi connectivity index (χ3v) is 10.7. The smallest absolute Gasteiger partial charge is 0.490 e. The van der Waals surface area contributed by atoms with Crippen molar-refractivity contribution < 1.29 is 70.1 Å². The predicted octanol–water partition coefficient (Wildman–Crippen LogP) is 2.34. The van der Waals surface area contributed by atoms with Gasteiger partial charge < -0.3 is 49.0 Å². The number of methoxy groups -OCH3 is 3. The Morgan fingerprint density at radius 1 is 1.00 bits per heavy atom. The number of nitrogens with two attached hydrogens (primary N) is 1. The zero-order valence-corrected chi connectivity index (χ0v) is 27.3. The van der Waals surface area contributed by atoms with E-state index in [1.54, 1.807) is 16.7 Å². The summed E-state index contributed by atoms with van der Waals surface area (Å²) in [6.45, 7) is -0.723. The van der Waals surface area contributed by atoms with Gasteiger partial charge in [-0.2, -0.15) is 8.62 Å². The van der Waals surface area contributed by atoms with Crippen molar-refractivity contribution in [3.63, 3.8) is 0 Å². The van der Waals surface area contributed by atoms with Crippen LogP contribution < -0.4 is 19.9 Å². The number of ether oxygens (including phenoxy) is 5. The Hall–Kier alpha value is -2.35. The number of phosphoric ester groups is 1. The molecule has 250 valence electrons. The lowest BCUT2D eigenvalue weighted by Gasteiger charge is -2.21. The summed E-state index contributed by atoms with van der Waals surface area (Å²) in [6, 6.07) is 3.42. The van der Waals surface area contributed by atoms with Crippen molar-refractivity contribution in [2.24, 2.45) is 0 Å². The Kier molecular flexibility index (Phi) is 11.5. The van der Waals surface area contributed by atoms with Crippen molar-refractivity contribution in [2.75, 3.05) is 39.6 Å². The van der Waals surface area contributed by atoms with E-state index in [2.05, 4.69) is 23.6 Å². The second-order valence-corrected chi connectivity index (χ2v) is 14.4. The number of thioether (sulfide) groups is 1. The number of benzene rings is 1. The van der Waals surface area contributed by atoms with Crippen LogP contribution >= 0.6 is 35.2 Å². The van der Waals surface area contributed by atoms with Gasteiger partial charge in [-0.15, -0.1) is 11.8 Å². The molecule has 0 saturated carbocycles. The molecule has 1 aliphatic heterocycles. The molecule has 0 aliphatic carbocycles. The number of rotatable bonds is 16. The van der Waals surface area contributed by atoms with Crippen molar-refractivity contribution in [1.29, 1.82) is 0 Å². The number of hydrogen-bond donors (Lipinski definition) is 5. The lowest BCUT2D eigenvalue weighted by Crippen LogP contribution is -2.29. The van der Waals surface area contributed by atoms with Gasteiger partial charge in [-0.05, 0) is 0 Å². The van der Waals surface area contributed by atoms with Crippen LogP contribution in [0.2, 0.25) is 0 Å². The topological polar surface area (TPSA) is 276 Å². The summed E-state index contributed by atoms with van der Waals surface area (Å²) >= 11 is 1.34. The number of phosphoric acid groups is 3. The summed E-state index contributed by atoms with van der Waals surface area (Å²) in [5.41, 5.74) is 7.27. The van der Waals surface area contributed by atoms with Gasteiger partial charge in [-0.1, -0.05) is 0 Å². The molecule has 1 fully saturated rings. The van der Waals surface area contributed by atoms with Crippen LogP contribution in [0.4, 0.5) is 5.82 Å². The van der Waals surface area contributed by atoms with Crippen LogP contribution in [0, 0.1) is 0 Å². The maximum absolute atomic E-state index is 12.4. The number of anilines is 1. The Bertz CT molecular complexity index is 1620. The first-order valence-corrected chi connectivity index (χ1v) is 18.2. The van der Waals surface area contributed by atoms with Gasteiger partial charge in [0.15, 0.2) is 11.5 Å². The van der Waals surface area contributed by atoms with E-state index in [-0.39, 0.29) is 18.2 Å². The molecule has 1 aromatic carbocycles. The SMILES string of the molecule is COc1cc(OC)c(CSCO[C@H]2CC(n3cnc4c(N)ncnc43)O[C@@H]2COP(=O)(O)OP(=O)(O)OP(=O)(O)O)c(OC)c1. The van der Waals surface area contributed by atoms with Crippen LogP contribution in [-0.2, 0) is 42.1 Å². The van der Waals surface area contributed by atoms with Gasteiger partial charge >= 0.3 is 23.5 Å². The molecule has 2 aromatic heterocycles. The standard InChI is InChI=1S/C21H30N5O15P3S/c1-34-12-4-14(35-2)13(15(5-12)36-3)8-45-11-37-16-6-18(26-10-25-19-20(22)23-9-24-21(19)26)39-17(16)7-38-43(30,31)41-44(32,33)40-42(27,28)29/h4-5,9-10,16-18H,6-8,11H2,1-3H3,(H,30,31)(H,32,33)(H2,22,23,24)(H2,27,28,29)/t16-,17+,18?/m0/s1. The van der Waals surface area contributed by atoms with Gasteiger partial charge in [0.05, 0.1) is 46.3 Å². The Morgan fingerprint density at radius 3 is 2.31 bits per heavy atom. The van der Waals surface area contributed by atoms with Crippen LogP contribution in [0.5, 0.6) is 17.2 Å². The van der Waals surface area contributed by atoms with Gasteiger partial charge in [0, 0.05) is 29.9 Å². The number of hydrogen-bond acceptors (Lipinski definition) is 16. The monoisotopic (exact) mass is 717 g/mol. The summed E-state index contributed by atoms with van der Waals surface area (Å²) in [5, 5.41) is 0. The lowest BCUT2D eigenvalue weighted by molar-refractivity contribution is -0.0523. The van der Waals surface area contributed by atoms with Gasteiger partial charge in [-0.25, -0.2) is 28.6 Å². The van der Waals surface area contributed by atoms with E-state index in [9.17, 15) is 23.5 Å². The molecule has 20 nitrogen and oxygen atoms in total. The Morgan fingerprint density at radius 2 is 1.69 bits per heavy atom. The summed E-state index contributed by atoms with van der Waals surface area (Å²) < 4.78 is 77.2. The molecule has 3 aromatic rings. The van der Waals surface area contributed by atoms with Gasteiger partial charge in [0.2, 0.25) is 0 Å². The van der Waals surface area contributed by atoms with Gasteiger partial charge in [0.1, 0.15) is 41.4 Å². The first kappa shape index (κ1) is 35.5. The maximum atomic E-state index is 12.4. The number of nitrogens with zero attached hydrogens (tertiary/aromatic N) is 4. The highest BCUT2D eigenvalue weighted by atomic mass is 32.2. The molecular formula is C21H30N5O15P3S. The quantitative estimate of drug-likeness (QED) is 0.0807. The summed E-state index contributed by atoms with van der Waals surface area (Å²) in [6.07, 6.45) is 0.183. The van der Waals surface area contributed by atoms with E-state index in [1.165, 1.54) is 45.7 Å². The first-order chi connectivity index (χ1) is 21.1. The predicted molar refractivity (Wildman–Crippen MR) is 155 cm³/mol. The minimum atomic E-state index is -5.71. The summed E-state index contributed by atoms with van der Waals surface area (Å²) in [7, 11) is -12.2. The van der Waals surface area contributed by atoms with Gasteiger partial charge in [0.25, 0.3) is 0 Å². The maximum Gasteiger partial charge on any atom is 0.490 e. The average Bonchev–Trinajstić information content (AvgIpc) is 3.56. The highest BCUT2D eigenvalue weighted by Gasteiger charge is 2.43. The van der Waals surface area contributed by atoms with Crippen LogP contribution in [0.25, 0.3) is 11.2 Å². The fourth-order valence-electron chi connectivity index (χ4n) is 4.25. The van der Waals surface area contributed by atoms with E-state index >= 15 is 0 Å². The van der Waals surface area contributed by atoms with E-state index < -0.39 is 48.5 Å². The largest absolute Gasteiger partial charge is 0.496 e. The number of fused-ring (bicyclic) bond motifs is 1. The molecule has 1 aliphatic rings. The average molecular weight is 717 g/mol. The molecule has 3 heterocycles. The second kappa shape index (κ2) is 14.6. The highest BCUT2D eigenvalue weighted by molar-refractivity contribution is 7.98. The molecule has 6 N–H and O–H groups in total.